The number of aliphatic imine (C=N–C) groups is 1. The van der Waals surface area contributed by atoms with Crippen LogP contribution in [0.4, 0.5) is 0 Å². The van der Waals surface area contributed by atoms with Crippen molar-refractivity contribution in [1.29, 1.82) is 0 Å². The number of piperidine rings is 1. The Labute approximate surface area is 191 Å². The molecule has 2 aliphatic heterocycles. The molecular weight excluding hydrogens is 402 g/mol. The molecule has 1 aromatic heterocycles. The number of furan rings is 1. The van der Waals surface area contributed by atoms with E-state index >= 15 is 0 Å². The fraction of sp³-hybridized carbons (Fsp3) is 0.560. The molecule has 0 spiro atoms. The molecule has 4 rings (SSSR count). The van der Waals surface area contributed by atoms with Crippen molar-refractivity contribution in [1.82, 2.24) is 20.4 Å². The highest BCUT2D eigenvalue weighted by molar-refractivity contribution is 5.79. The van der Waals surface area contributed by atoms with Crippen LogP contribution in [0.3, 0.4) is 0 Å². The van der Waals surface area contributed by atoms with E-state index < -0.39 is 0 Å². The first kappa shape index (κ1) is 22.8. The highest BCUT2D eigenvalue weighted by Crippen LogP contribution is 2.24. The van der Waals surface area contributed by atoms with Crippen LogP contribution >= 0.6 is 0 Å². The van der Waals surface area contributed by atoms with Crippen molar-refractivity contribution in [3.05, 3.63) is 59.5 Å². The van der Waals surface area contributed by atoms with E-state index in [0.29, 0.717) is 0 Å². The van der Waals surface area contributed by atoms with Crippen molar-refractivity contribution in [2.24, 2.45) is 4.99 Å². The Morgan fingerprint density at radius 3 is 2.44 bits per heavy atom. The zero-order valence-electron chi connectivity index (χ0n) is 19.2. The van der Waals surface area contributed by atoms with Crippen LogP contribution in [0.1, 0.15) is 48.6 Å². The van der Waals surface area contributed by atoms with E-state index in [-0.39, 0.29) is 12.1 Å². The molecule has 7 heteroatoms. The standard InChI is InChI=1S/C25H37N5O2/c1-26-25(28-18-23(24-5-4-16-32-24)30-12-2-3-13-30)27-17-20-6-8-21(9-7-20)19-29-14-10-22(31)11-15-29/h4-9,16,22-23,31H,2-3,10-15,17-19H2,1H3,(H2,26,27,28). The molecule has 7 nitrogen and oxygen atoms in total. The van der Waals surface area contributed by atoms with Crippen molar-refractivity contribution in [3.63, 3.8) is 0 Å². The molecule has 1 unspecified atom stereocenters. The van der Waals surface area contributed by atoms with Crippen LogP contribution in [0, 0.1) is 0 Å². The van der Waals surface area contributed by atoms with E-state index in [9.17, 15) is 5.11 Å². The van der Waals surface area contributed by atoms with Crippen molar-refractivity contribution < 1.29 is 9.52 Å². The third kappa shape index (κ3) is 6.34. The van der Waals surface area contributed by atoms with Crippen LogP contribution in [0.2, 0.25) is 0 Å². The second kappa shape index (κ2) is 11.5. The van der Waals surface area contributed by atoms with Gasteiger partial charge in [0.1, 0.15) is 5.76 Å². The molecule has 174 valence electrons. The molecule has 0 radical (unpaired) electrons. The topological polar surface area (TPSA) is 76.3 Å². The van der Waals surface area contributed by atoms with E-state index in [4.69, 9.17) is 4.42 Å². The van der Waals surface area contributed by atoms with E-state index in [1.165, 1.54) is 24.0 Å². The van der Waals surface area contributed by atoms with E-state index in [0.717, 1.165) is 70.4 Å². The van der Waals surface area contributed by atoms with Gasteiger partial charge in [-0.2, -0.15) is 0 Å². The number of guanidine groups is 1. The number of likely N-dealkylation sites (tertiary alicyclic amines) is 2. The van der Waals surface area contributed by atoms with Gasteiger partial charge in [0.15, 0.2) is 5.96 Å². The van der Waals surface area contributed by atoms with Crippen LogP contribution < -0.4 is 10.6 Å². The maximum absolute atomic E-state index is 9.67. The van der Waals surface area contributed by atoms with Gasteiger partial charge in [-0.1, -0.05) is 24.3 Å². The molecule has 1 atom stereocenters. The second-order valence-corrected chi connectivity index (χ2v) is 8.90. The summed E-state index contributed by atoms with van der Waals surface area (Å²) in [6.07, 6.45) is 5.90. The van der Waals surface area contributed by atoms with Crippen molar-refractivity contribution >= 4 is 5.96 Å². The van der Waals surface area contributed by atoms with Crippen LogP contribution in [0.15, 0.2) is 52.1 Å². The molecule has 3 heterocycles. The molecule has 0 amide bonds. The number of hydrogen-bond acceptors (Lipinski definition) is 5. The monoisotopic (exact) mass is 439 g/mol. The third-order valence-corrected chi connectivity index (χ3v) is 6.59. The Hall–Kier alpha value is -2.35. The zero-order valence-corrected chi connectivity index (χ0v) is 19.2. The van der Waals surface area contributed by atoms with Gasteiger partial charge < -0.3 is 20.2 Å². The molecule has 0 aliphatic carbocycles. The summed E-state index contributed by atoms with van der Waals surface area (Å²) in [5.41, 5.74) is 2.55. The molecular formula is C25H37N5O2. The summed E-state index contributed by atoms with van der Waals surface area (Å²) < 4.78 is 5.72. The summed E-state index contributed by atoms with van der Waals surface area (Å²) in [4.78, 5) is 9.31. The first-order valence-electron chi connectivity index (χ1n) is 11.9. The highest BCUT2D eigenvalue weighted by atomic mass is 16.3. The van der Waals surface area contributed by atoms with Gasteiger partial charge in [0.2, 0.25) is 0 Å². The van der Waals surface area contributed by atoms with Gasteiger partial charge in [-0.3, -0.25) is 14.8 Å². The summed E-state index contributed by atoms with van der Waals surface area (Å²) in [7, 11) is 1.81. The smallest absolute Gasteiger partial charge is 0.191 e. The minimum Gasteiger partial charge on any atom is -0.468 e. The minimum atomic E-state index is -0.118. The summed E-state index contributed by atoms with van der Waals surface area (Å²) in [5.74, 6) is 1.81. The summed E-state index contributed by atoms with van der Waals surface area (Å²) in [6.45, 7) is 6.62. The van der Waals surface area contributed by atoms with E-state index in [2.05, 4.69) is 55.8 Å². The first-order valence-corrected chi connectivity index (χ1v) is 11.9. The Morgan fingerprint density at radius 1 is 1.06 bits per heavy atom. The largest absolute Gasteiger partial charge is 0.468 e. The summed E-state index contributed by atoms with van der Waals surface area (Å²) >= 11 is 0. The number of rotatable bonds is 8. The van der Waals surface area contributed by atoms with Crippen LogP contribution in [0.5, 0.6) is 0 Å². The van der Waals surface area contributed by atoms with Crippen molar-refractivity contribution in [3.8, 4) is 0 Å². The summed E-state index contributed by atoms with van der Waals surface area (Å²) in [5, 5.41) is 16.6. The maximum Gasteiger partial charge on any atom is 0.191 e. The molecule has 2 saturated heterocycles. The fourth-order valence-corrected chi connectivity index (χ4v) is 4.64. The van der Waals surface area contributed by atoms with Gasteiger partial charge in [0, 0.05) is 39.8 Å². The zero-order chi connectivity index (χ0) is 22.2. The Bertz CT molecular complexity index is 823. The number of aliphatic hydroxyl groups is 1. The molecule has 2 fully saturated rings. The van der Waals surface area contributed by atoms with Gasteiger partial charge in [-0.25, -0.2) is 0 Å². The number of nitrogens with one attached hydrogen (secondary N) is 2. The molecule has 2 aromatic rings. The average molecular weight is 440 g/mol. The maximum atomic E-state index is 9.67. The van der Waals surface area contributed by atoms with Crippen molar-refractivity contribution in [2.45, 2.75) is 50.9 Å². The molecule has 32 heavy (non-hydrogen) atoms. The van der Waals surface area contributed by atoms with Crippen LogP contribution in [-0.4, -0.2) is 66.7 Å². The number of hydrogen-bond donors (Lipinski definition) is 3. The Morgan fingerprint density at radius 2 is 1.78 bits per heavy atom. The van der Waals surface area contributed by atoms with Gasteiger partial charge in [0.25, 0.3) is 0 Å². The average Bonchev–Trinajstić information content (AvgIpc) is 3.54. The van der Waals surface area contributed by atoms with Gasteiger partial charge in [-0.15, -0.1) is 0 Å². The molecule has 3 N–H and O–H groups in total. The summed E-state index contributed by atoms with van der Waals surface area (Å²) in [6, 6.07) is 13.0. The van der Waals surface area contributed by atoms with Crippen LogP contribution in [-0.2, 0) is 13.1 Å². The lowest BCUT2D eigenvalue weighted by Gasteiger charge is -2.29. The first-order chi connectivity index (χ1) is 15.7. The fourth-order valence-electron chi connectivity index (χ4n) is 4.64. The van der Waals surface area contributed by atoms with Gasteiger partial charge >= 0.3 is 0 Å². The molecule has 0 saturated carbocycles. The third-order valence-electron chi connectivity index (χ3n) is 6.59. The number of benzene rings is 1. The minimum absolute atomic E-state index is 0.118. The lowest BCUT2D eigenvalue weighted by Crippen LogP contribution is -2.42. The van der Waals surface area contributed by atoms with E-state index in [1.54, 1.807) is 6.26 Å². The predicted molar refractivity (Wildman–Crippen MR) is 127 cm³/mol. The number of nitrogens with zero attached hydrogens (tertiary/aromatic N) is 3. The molecule has 2 aliphatic rings. The SMILES string of the molecule is CN=C(NCc1ccc(CN2CCC(O)CC2)cc1)NCC(c1ccco1)N1CCCC1. The molecule has 0 bridgehead atoms. The lowest BCUT2D eigenvalue weighted by molar-refractivity contribution is 0.0792. The Kier molecular flexibility index (Phi) is 8.20. The van der Waals surface area contributed by atoms with Gasteiger partial charge in [-0.05, 0) is 62.0 Å². The normalized spacial score (nSPS) is 19.9. The quantitative estimate of drug-likeness (QED) is 0.434. The van der Waals surface area contributed by atoms with Crippen molar-refractivity contribution in [2.75, 3.05) is 39.8 Å². The Balaban J connectivity index is 1.25. The number of aliphatic hydroxyl groups excluding tert-OH is 1. The second-order valence-electron chi connectivity index (χ2n) is 8.90. The lowest BCUT2D eigenvalue weighted by atomic mass is 10.1. The molecule has 1 aromatic carbocycles. The van der Waals surface area contributed by atoms with Gasteiger partial charge in [0.05, 0.1) is 18.4 Å². The highest BCUT2D eigenvalue weighted by Gasteiger charge is 2.25. The van der Waals surface area contributed by atoms with Crippen LogP contribution in [0.25, 0.3) is 0 Å². The predicted octanol–water partition coefficient (Wildman–Crippen LogP) is 2.74. The van der Waals surface area contributed by atoms with E-state index in [1.807, 2.05) is 13.1 Å².